The van der Waals surface area contributed by atoms with Crippen molar-refractivity contribution in [3.63, 3.8) is 0 Å². The zero-order valence-electron chi connectivity index (χ0n) is 22.0. The topological polar surface area (TPSA) is 118 Å². The van der Waals surface area contributed by atoms with Gasteiger partial charge >= 0.3 is 6.18 Å². The van der Waals surface area contributed by atoms with E-state index in [1.54, 1.807) is 25.5 Å². The van der Waals surface area contributed by atoms with Gasteiger partial charge in [0.05, 0.1) is 53.8 Å². The van der Waals surface area contributed by atoms with Gasteiger partial charge in [0.1, 0.15) is 17.0 Å². The third-order valence-corrected chi connectivity index (χ3v) is 6.70. The second-order valence-electron chi connectivity index (χ2n) is 9.98. The Morgan fingerprint density at radius 3 is 2.33 bits per heavy atom. The second kappa shape index (κ2) is 10.5. The number of alkyl halides is 3. The fraction of sp³-hybridized carbons (Fsp3) is 0.333. The van der Waals surface area contributed by atoms with Gasteiger partial charge < -0.3 is 20.1 Å². The van der Waals surface area contributed by atoms with Crippen LogP contribution >= 0.6 is 0 Å². The van der Waals surface area contributed by atoms with Gasteiger partial charge in [-0.3, -0.25) is 14.6 Å². The number of carbonyl (C=O) groups excluding carboxylic acids is 2. The monoisotopic (exact) mass is 552 g/mol. The molecule has 3 aromatic heterocycles. The lowest BCUT2D eigenvalue weighted by Gasteiger charge is -2.41. The number of halogens is 3. The molecule has 5 rings (SSSR count). The summed E-state index contributed by atoms with van der Waals surface area (Å²) in [6.45, 7) is 6.68. The number of pyridine rings is 1. The predicted octanol–water partition coefficient (Wildman–Crippen LogP) is 4.51. The van der Waals surface area contributed by atoms with E-state index < -0.39 is 23.7 Å². The van der Waals surface area contributed by atoms with Gasteiger partial charge in [-0.05, 0) is 37.3 Å². The van der Waals surface area contributed by atoms with Crippen molar-refractivity contribution < 1.29 is 22.8 Å². The van der Waals surface area contributed by atoms with Crippen molar-refractivity contribution >= 4 is 34.4 Å². The van der Waals surface area contributed by atoms with E-state index in [1.165, 1.54) is 24.5 Å². The highest BCUT2D eigenvalue weighted by Gasteiger charge is 2.34. The minimum absolute atomic E-state index is 0.0573. The highest BCUT2D eigenvalue weighted by atomic mass is 19.4. The van der Waals surface area contributed by atoms with Crippen LogP contribution in [0.5, 0.6) is 0 Å². The second-order valence-corrected chi connectivity index (χ2v) is 9.98. The standard InChI is InChI=1S/C27H27F3N8O2/c1-15(2)26(40)37-12-19(13-37)38-14-34-22-10-31-20(8-23(22)38)25(39)35-16(3)21-9-33-24(11-32-21)36-18-6-4-17(5-7-18)27(28,29)30/h4-11,14-16,19H,12-13H2,1-3H3,(H,33,36)(H,35,39). The Bertz CT molecular complexity index is 1530. The van der Waals surface area contributed by atoms with Crippen molar-refractivity contribution in [1.29, 1.82) is 0 Å². The summed E-state index contributed by atoms with van der Waals surface area (Å²) >= 11 is 0. The number of carbonyl (C=O) groups is 2. The normalized spacial score (nSPS) is 14.7. The number of anilines is 2. The van der Waals surface area contributed by atoms with Gasteiger partial charge in [-0.2, -0.15) is 13.2 Å². The van der Waals surface area contributed by atoms with Gasteiger partial charge in [-0.1, -0.05) is 13.8 Å². The molecule has 1 atom stereocenters. The highest BCUT2D eigenvalue weighted by Crippen LogP contribution is 2.30. The SMILES string of the molecule is CC(C)C(=O)N1CC(n2cnc3cnc(C(=O)NC(C)c4cnc(Nc5ccc(C(F)(F)F)cc5)cn4)cc32)C1. The van der Waals surface area contributed by atoms with Crippen LogP contribution in [0.2, 0.25) is 0 Å². The van der Waals surface area contributed by atoms with E-state index in [0.717, 1.165) is 17.6 Å². The number of imidazole rings is 1. The van der Waals surface area contributed by atoms with Crippen molar-refractivity contribution in [3.05, 3.63) is 72.2 Å². The molecule has 0 radical (unpaired) electrons. The first-order chi connectivity index (χ1) is 19.0. The molecular formula is C27H27F3N8O2. The van der Waals surface area contributed by atoms with Crippen LogP contribution in [0, 0.1) is 5.92 Å². The molecule has 1 aliphatic heterocycles. The van der Waals surface area contributed by atoms with E-state index in [0.29, 0.717) is 35.8 Å². The van der Waals surface area contributed by atoms with Crippen molar-refractivity contribution in [3.8, 4) is 0 Å². The summed E-state index contributed by atoms with van der Waals surface area (Å²) in [4.78, 5) is 44.2. The molecule has 4 heterocycles. The minimum Gasteiger partial charge on any atom is -0.343 e. The Morgan fingerprint density at radius 1 is 0.975 bits per heavy atom. The van der Waals surface area contributed by atoms with Gasteiger partial charge in [0.25, 0.3) is 5.91 Å². The molecule has 13 heteroatoms. The Labute approximate surface area is 227 Å². The molecule has 0 aliphatic carbocycles. The smallest absolute Gasteiger partial charge is 0.343 e. The summed E-state index contributed by atoms with van der Waals surface area (Å²) in [6.07, 6.45) is 1.75. The van der Waals surface area contributed by atoms with Gasteiger partial charge in [0, 0.05) is 24.7 Å². The quantitative estimate of drug-likeness (QED) is 0.346. The van der Waals surface area contributed by atoms with Gasteiger partial charge in [0.2, 0.25) is 5.91 Å². The van der Waals surface area contributed by atoms with Crippen LogP contribution in [0.3, 0.4) is 0 Å². The van der Waals surface area contributed by atoms with Gasteiger partial charge in [0.15, 0.2) is 0 Å². The number of aromatic nitrogens is 5. The molecule has 10 nitrogen and oxygen atoms in total. The fourth-order valence-corrected chi connectivity index (χ4v) is 4.38. The number of nitrogens with one attached hydrogen (secondary N) is 2. The van der Waals surface area contributed by atoms with E-state index in [4.69, 9.17) is 0 Å². The third kappa shape index (κ3) is 5.58. The molecule has 40 heavy (non-hydrogen) atoms. The molecule has 0 spiro atoms. The molecule has 1 aromatic carbocycles. The van der Waals surface area contributed by atoms with Crippen LogP contribution in [-0.4, -0.2) is 54.3 Å². The van der Waals surface area contributed by atoms with E-state index in [2.05, 4.69) is 30.6 Å². The summed E-state index contributed by atoms with van der Waals surface area (Å²) in [5, 5.41) is 5.76. The molecule has 1 unspecified atom stereocenters. The summed E-state index contributed by atoms with van der Waals surface area (Å²) in [5.41, 5.74) is 1.80. The maximum Gasteiger partial charge on any atom is 0.416 e. The molecule has 208 valence electrons. The Morgan fingerprint density at radius 2 is 1.70 bits per heavy atom. The molecular weight excluding hydrogens is 525 g/mol. The summed E-state index contributed by atoms with van der Waals surface area (Å²) in [7, 11) is 0. The third-order valence-electron chi connectivity index (χ3n) is 6.70. The zero-order chi connectivity index (χ0) is 28.6. The lowest BCUT2D eigenvalue weighted by molar-refractivity contribution is -0.140. The summed E-state index contributed by atoms with van der Waals surface area (Å²) < 4.78 is 40.2. The first-order valence-electron chi connectivity index (χ1n) is 12.7. The summed E-state index contributed by atoms with van der Waals surface area (Å²) in [6, 6.07) is 5.84. The Kier molecular flexibility index (Phi) is 7.13. The first-order valence-corrected chi connectivity index (χ1v) is 12.7. The maximum atomic E-state index is 13.0. The average Bonchev–Trinajstić information content (AvgIpc) is 3.30. The molecule has 0 saturated carbocycles. The van der Waals surface area contributed by atoms with E-state index in [-0.39, 0.29) is 23.6 Å². The maximum absolute atomic E-state index is 13.0. The molecule has 1 aliphatic rings. The van der Waals surface area contributed by atoms with Gasteiger partial charge in [-0.15, -0.1) is 0 Å². The number of hydrogen-bond acceptors (Lipinski definition) is 7. The number of fused-ring (bicyclic) bond motifs is 1. The minimum atomic E-state index is -4.41. The lowest BCUT2D eigenvalue weighted by atomic mass is 10.1. The van der Waals surface area contributed by atoms with Crippen LogP contribution in [0.4, 0.5) is 24.7 Å². The number of hydrogen-bond donors (Lipinski definition) is 2. The number of rotatable bonds is 7. The van der Waals surface area contributed by atoms with Gasteiger partial charge in [-0.25, -0.2) is 15.0 Å². The Balaban J connectivity index is 1.21. The largest absolute Gasteiger partial charge is 0.416 e. The van der Waals surface area contributed by atoms with E-state index in [1.807, 2.05) is 23.3 Å². The van der Waals surface area contributed by atoms with Crippen molar-refractivity contribution in [2.75, 3.05) is 18.4 Å². The Hall–Kier alpha value is -4.55. The molecule has 4 aromatic rings. The fourth-order valence-electron chi connectivity index (χ4n) is 4.38. The van der Waals surface area contributed by atoms with Crippen LogP contribution in [0.15, 0.2) is 55.2 Å². The molecule has 2 amide bonds. The van der Waals surface area contributed by atoms with Crippen LogP contribution in [-0.2, 0) is 11.0 Å². The average molecular weight is 553 g/mol. The predicted molar refractivity (Wildman–Crippen MR) is 141 cm³/mol. The summed E-state index contributed by atoms with van der Waals surface area (Å²) in [5.74, 6) is -0.00532. The number of nitrogens with zero attached hydrogens (tertiary/aromatic N) is 6. The molecule has 0 bridgehead atoms. The van der Waals surface area contributed by atoms with E-state index in [9.17, 15) is 22.8 Å². The van der Waals surface area contributed by atoms with Crippen LogP contribution in [0.1, 0.15) is 54.6 Å². The van der Waals surface area contributed by atoms with Crippen LogP contribution < -0.4 is 10.6 Å². The lowest BCUT2D eigenvalue weighted by Crippen LogP contribution is -2.51. The highest BCUT2D eigenvalue weighted by molar-refractivity contribution is 5.95. The van der Waals surface area contributed by atoms with E-state index >= 15 is 0 Å². The van der Waals surface area contributed by atoms with Crippen molar-refractivity contribution in [2.45, 2.75) is 39.0 Å². The first kappa shape index (κ1) is 27.0. The molecule has 1 fully saturated rings. The number of likely N-dealkylation sites (tertiary alicyclic amines) is 1. The van der Waals surface area contributed by atoms with Crippen molar-refractivity contribution in [1.82, 2.24) is 34.7 Å². The zero-order valence-corrected chi connectivity index (χ0v) is 22.0. The van der Waals surface area contributed by atoms with Crippen LogP contribution in [0.25, 0.3) is 11.0 Å². The number of amides is 2. The number of benzene rings is 1. The van der Waals surface area contributed by atoms with Crippen molar-refractivity contribution in [2.24, 2.45) is 5.92 Å². The molecule has 1 saturated heterocycles. The molecule has 2 N–H and O–H groups in total.